The molecule has 0 unspecified atom stereocenters. The Balaban J connectivity index is 1.23. The number of nitrogens with one attached hydrogen (secondary N) is 1. The Bertz CT molecular complexity index is 964. The molecule has 7 nitrogen and oxygen atoms in total. The number of carbonyl (C=O) groups is 3. The lowest BCUT2D eigenvalue weighted by Gasteiger charge is -2.43. The van der Waals surface area contributed by atoms with Crippen molar-refractivity contribution in [3.8, 4) is 0 Å². The average Bonchev–Trinajstić information content (AvgIpc) is 3.23. The molecule has 7 heteroatoms. The molecule has 3 aliphatic heterocycles. The number of nitrogens with zero attached hydrogens (tertiary/aromatic N) is 3. The van der Waals surface area contributed by atoms with Crippen LogP contribution in [-0.4, -0.2) is 65.9 Å². The average molecular weight is 404 g/mol. The third kappa shape index (κ3) is 2.89. The highest BCUT2D eigenvalue weighted by atomic mass is 16.2. The van der Waals surface area contributed by atoms with Gasteiger partial charge in [-0.25, -0.2) is 0 Å². The van der Waals surface area contributed by atoms with E-state index in [1.165, 1.54) is 4.90 Å². The molecular formula is C23H24N4O3. The zero-order valence-corrected chi connectivity index (χ0v) is 16.7. The van der Waals surface area contributed by atoms with Crippen LogP contribution in [-0.2, 0) is 4.79 Å². The number of fused-ring (bicyclic) bond motifs is 1. The lowest BCUT2D eigenvalue weighted by atomic mass is 9.85. The second-order valence-electron chi connectivity index (χ2n) is 8.11. The standard InChI is InChI=1S/C23H24N4O3/c28-20-18-8-4-5-9-19(18)21(29)26(20)15-14-25-12-10-23(11-13-25)22(30)24-16-27(23)17-6-2-1-3-7-17/h1-9H,10-16H2,(H,24,30). The van der Waals surface area contributed by atoms with Gasteiger partial charge in [0.2, 0.25) is 5.91 Å². The van der Waals surface area contributed by atoms with Crippen LogP contribution in [0, 0.1) is 0 Å². The highest BCUT2D eigenvalue weighted by molar-refractivity contribution is 6.21. The van der Waals surface area contributed by atoms with Gasteiger partial charge in [0.05, 0.1) is 17.8 Å². The summed E-state index contributed by atoms with van der Waals surface area (Å²) in [6.45, 7) is 3.01. The van der Waals surface area contributed by atoms with Crippen molar-refractivity contribution in [2.24, 2.45) is 0 Å². The number of rotatable bonds is 4. The number of hydrogen-bond acceptors (Lipinski definition) is 5. The molecule has 1 N–H and O–H groups in total. The molecule has 0 aromatic heterocycles. The van der Waals surface area contributed by atoms with Crippen molar-refractivity contribution in [1.82, 2.24) is 15.1 Å². The molecule has 30 heavy (non-hydrogen) atoms. The predicted octanol–water partition coefficient (Wildman–Crippen LogP) is 1.71. The molecule has 2 saturated heterocycles. The van der Waals surface area contributed by atoms with Crippen LogP contribution < -0.4 is 10.2 Å². The Kier molecular flexibility index (Phi) is 4.55. The molecule has 0 aliphatic carbocycles. The van der Waals surface area contributed by atoms with Crippen molar-refractivity contribution in [1.29, 1.82) is 0 Å². The number of carbonyl (C=O) groups excluding carboxylic acids is 3. The number of piperidine rings is 1. The number of likely N-dealkylation sites (tertiary alicyclic amines) is 1. The molecule has 3 aliphatic rings. The number of amides is 3. The van der Waals surface area contributed by atoms with Crippen molar-refractivity contribution in [2.75, 3.05) is 37.7 Å². The van der Waals surface area contributed by atoms with Gasteiger partial charge in [-0.05, 0) is 37.1 Å². The van der Waals surface area contributed by atoms with E-state index in [0.29, 0.717) is 30.9 Å². The summed E-state index contributed by atoms with van der Waals surface area (Å²) in [5.74, 6) is -0.338. The van der Waals surface area contributed by atoms with E-state index in [2.05, 4.69) is 15.1 Å². The molecule has 0 atom stereocenters. The molecule has 154 valence electrons. The highest BCUT2D eigenvalue weighted by Gasteiger charge is 2.50. The van der Waals surface area contributed by atoms with E-state index in [-0.39, 0.29) is 17.7 Å². The molecule has 5 rings (SSSR count). The van der Waals surface area contributed by atoms with Gasteiger partial charge < -0.3 is 15.1 Å². The Morgan fingerprint density at radius 1 is 0.800 bits per heavy atom. The van der Waals surface area contributed by atoms with Crippen LogP contribution >= 0.6 is 0 Å². The maximum Gasteiger partial charge on any atom is 0.261 e. The topological polar surface area (TPSA) is 73.0 Å². The summed E-state index contributed by atoms with van der Waals surface area (Å²) < 4.78 is 0. The van der Waals surface area contributed by atoms with E-state index < -0.39 is 5.54 Å². The number of para-hydroxylation sites is 1. The van der Waals surface area contributed by atoms with Gasteiger partial charge >= 0.3 is 0 Å². The maximum atomic E-state index is 12.8. The zero-order valence-electron chi connectivity index (χ0n) is 16.7. The van der Waals surface area contributed by atoms with Crippen LogP contribution in [0.5, 0.6) is 0 Å². The second-order valence-corrected chi connectivity index (χ2v) is 8.11. The fraction of sp³-hybridized carbons (Fsp3) is 0.348. The summed E-state index contributed by atoms with van der Waals surface area (Å²) in [6.07, 6.45) is 1.44. The van der Waals surface area contributed by atoms with Gasteiger partial charge in [-0.3, -0.25) is 19.3 Å². The van der Waals surface area contributed by atoms with Gasteiger partial charge in [0, 0.05) is 31.9 Å². The van der Waals surface area contributed by atoms with Crippen molar-refractivity contribution in [3.05, 3.63) is 65.7 Å². The van der Waals surface area contributed by atoms with Gasteiger partial charge in [0.25, 0.3) is 11.8 Å². The van der Waals surface area contributed by atoms with Crippen LogP contribution in [0.15, 0.2) is 54.6 Å². The number of anilines is 1. The first-order valence-electron chi connectivity index (χ1n) is 10.4. The predicted molar refractivity (Wildman–Crippen MR) is 112 cm³/mol. The molecule has 1 spiro atoms. The maximum absolute atomic E-state index is 12.8. The summed E-state index contributed by atoms with van der Waals surface area (Å²) in [5, 5.41) is 3.01. The molecule has 2 fully saturated rings. The van der Waals surface area contributed by atoms with E-state index >= 15 is 0 Å². The third-order valence-electron chi connectivity index (χ3n) is 6.61. The summed E-state index contributed by atoms with van der Waals surface area (Å²) >= 11 is 0. The third-order valence-corrected chi connectivity index (χ3v) is 6.61. The number of benzene rings is 2. The van der Waals surface area contributed by atoms with E-state index in [1.54, 1.807) is 24.3 Å². The van der Waals surface area contributed by atoms with E-state index in [0.717, 1.165) is 31.6 Å². The van der Waals surface area contributed by atoms with E-state index in [4.69, 9.17) is 0 Å². The summed E-state index contributed by atoms with van der Waals surface area (Å²) in [7, 11) is 0. The highest BCUT2D eigenvalue weighted by Crippen LogP contribution is 2.36. The van der Waals surface area contributed by atoms with Crippen LogP contribution in [0.1, 0.15) is 33.6 Å². The largest absolute Gasteiger partial charge is 0.339 e. The first-order valence-corrected chi connectivity index (χ1v) is 10.4. The molecule has 2 aromatic carbocycles. The van der Waals surface area contributed by atoms with Crippen LogP contribution in [0.3, 0.4) is 0 Å². The molecule has 3 heterocycles. The second kappa shape index (κ2) is 7.25. The lowest BCUT2D eigenvalue weighted by molar-refractivity contribution is -0.125. The summed E-state index contributed by atoms with van der Waals surface area (Å²) in [4.78, 5) is 43.6. The van der Waals surface area contributed by atoms with Crippen molar-refractivity contribution in [2.45, 2.75) is 18.4 Å². The van der Waals surface area contributed by atoms with E-state index in [1.807, 2.05) is 30.3 Å². The van der Waals surface area contributed by atoms with Crippen LogP contribution in [0.2, 0.25) is 0 Å². The Morgan fingerprint density at radius 3 is 2.03 bits per heavy atom. The van der Waals surface area contributed by atoms with Crippen molar-refractivity contribution >= 4 is 23.4 Å². The van der Waals surface area contributed by atoms with Gasteiger partial charge in [0.15, 0.2) is 0 Å². The zero-order chi connectivity index (χ0) is 20.7. The van der Waals surface area contributed by atoms with Gasteiger partial charge in [-0.2, -0.15) is 0 Å². The minimum atomic E-state index is -0.520. The van der Waals surface area contributed by atoms with Crippen molar-refractivity contribution < 1.29 is 14.4 Å². The molecule has 2 aromatic rings. The number of imide groups is 1. The monoisotopic (exact) mass is 404 g/mol. The molecule has 3 amide bonds. The van der Waals surface area contributed by atoms with Gasteiger partial charge in [-0.1, -0.05) is 30.3 Å². The fourth-order valence-electron chi connectivity index (χ4n) is 4.86. The van der Waals surface area contributed by atoms with Gasteiger partial charge in [-0.15, -0.1) is 0 Å². The lowest BCUT2D eigenvalue weighted by Crippen LogP contribution is -2.57. The van der Waals surface area contributed by atoms with Gasteiger partial charge in [0.1, 0.15) is 5.54 Å². The number of hydrogen-bond donors (Lipinski definition) is 1. The van der Waals surface area contributed by atoms with Crippen LogP contribution in [0.25, 0.3) is 0 Å². The quantitative estimate of drug-likeness (QED) is 0.786. The molecular weight excluding hydrogens is 380 g/mol. The van der Waals surface area contributed by atoms with Crippen molar-refractivity contribution in [3.63, 3.8) is 0 Å². The molecule has 0 bridgehead atoms. The SMILES string of the molecule is O=C1c2ccccc2C(=O)N1CCN1CCC2(CC1)C(=O)NCN2c1ccccc1. The minimum absolute atomic E-state index is 0.0892. The summed E-state index contributed by atoms with van der Waals surface area (Å²) in [6, 6.07) is 17.0. The first-order chi connectivity index (χ1) is 14.6. The fourth-order valence-corrected chi connectivity index (χ4v) is 4.86. The summed E-state index contributed by atoms with van der Waals surface area (Å²) in [5.41, 5.74) is 1.51. The Morgan fingerprint density at radius 2 is 1.40 bits per heavy atom. The molecule has 0 saturated carbocycles. The smallest absolute Gasteiger partial charge is 0.261 e. The Hall–Kier alpha value is -3.19. The minimum Gasteiger partial charge on any atom is -0.339 e. The Labute approximate surface area is 175 Å². The van der Waals surface area contributed by atoms with Crippen LogP contribution in [0.4, 0.5) is 5.69 Å². The first kappa shape index (κ1) is 18.8. The normalized spacial score (nSPS) is 20.7. The molecule has 0 radical (unpaired) electrons. The van der Waals surface area contributed by atoms with E-state index in [9.17, 15) is 14.4 Å².